The summed E-state index contributed by atoms with van der Waals surface area (Å²) in [4.78, 5) is 0. The zero-order chi connectivity index (χ0) is 11.8. The minimum Gasteiger partial charge on any atom is -0.350 e. The number of hydrogen-bond acceptors (Lipinski definition) is 1. The van der Waals surface area contributed by atoms with Crippen LogP contribution in [0.3, 0.4) is 0 Å². The van der Waals surface area contributed by atoms with Gasteiger partial charge < -0.3 is 10.3 Å². The van der Waals surface area contributed by atoms with Crippen molar-refractivity contribution in [2.75, 3.05) is 0 Å². The van der Waals surface area contributed by atoms with Gasteiger partial charge in [0.2, 0.25) is 0 Å². The molecule has 0 saturated heterocycles. The van der Waals surface area contributed by atoms with E-state index in [0.29, 0.717) is 5.92 Å². The minimum absolute atomic E-state index is 0.212. The van der Waals surface area contributed by atoms with Crippen LogP contribution in [0.2, 0.25) is 0 Å². The summed E-state index contributed by atoms with van der Waals surface area (Å²) in [6, 6.07) is 8.77. The van der Waals surface area contributed by atoms with Crippen LogP contribution in [0.5, 0.6) is 0 Å². The van der Waals surface area contributed by atoms with Crippen LogP contribution in [0.4, 0.5) is 0 Å². The zero-order valence-corrected chi connectivity index (χ0v) is 10.4. The molecular formula is C15H20N2. The van der Waals surface area contributed by atoms with Gasteiger partial charge >= 0.3 is 0 Å². The minimum atomic E-state index is 0.212. The maximum Gasteiger partial charge on any atom is 0.0481 e. The third-order valence-electron chi connectivity index (χ3n) is 4.19. The van der Waals surface area contributed by atoms with E-state index in [1.54, 1.807) is 0 Å². The lowest BCUT2D eigenvalue weighted by Crippen LogP contribution is -2.18. The highest BCUT2D eigenvalue weighted by molar-refractivity contribution is 5.84. The third-order valence-corrected chi connectivity index (χ3v) is 4.19. The van der Waals surface area contributed by atoms with Crippen LogP contribution in [0.1, 0.15) is 37.3 Å². The van der Waals surface area contributed by atoms with Gasteiger partial charge in [-0.05, 0) is 30.4 Å². The lowest BCUT2D eigenvalue weighted by molar-refractivity contribution is 0.446. The molecule has 0 spiro atoms. The molecule has 3 rings (SSSR count). The Kier molecular flexibility index (Phi) is 2.67. The van der Waals surface area contributed by atoms with Gasteiger partial charge in [0.25, 0.3) is 0 Å². The summed E-state index contributed by atoms with van der Waals surface area (Å²) in [5.41, 5.74) is 9.08. The molecule has 2 heteroatoms. The average molecular weight is 228 g/mol. The van der Waals surface area contributed by atoms with Gasteiger partial charge in [0.05, 0.1) is 0 Å². The van der Waals surface area contributed by atoms with E-state index in [9.17, 15) is 0 Å². The van der Waals surface area contributed by atoms with Gasteiger partial charge in [-0.25, -0.2) is 0 Å². The molecule has 0 aliphatic heterocycles. The van der Waals surface area contributed by atoms with Crippen LogP contribution >= 0.6 is 0 Å². The highest BCUT2D eigenvalue weighted by Gasteiger charge is 2.25. The first-order valence-corrected chi connectivity index (χ1v) is 6.57. The highest BCUT2D eigenvalue weighted by Crippen LogP contribution is 2.37. The Morgan fingerprint density at radius 2 is 1.94 bits per heavy atom. The van der Waals surface area contributed by atoms with Crippen LogP contribution in [0.15, 0.2) is 30.5 Å². The number of hydrogen-bond donors (Lipinski definition) is 1. The summed E-state index contributed by atoms with van der Waals surface area (Å²) in [6.07, 6.45) is 7.51. The van der Waals surface area contributed by atoms with Gasteiger partial charge in [-0.3, -0.25) is 0 Å². The van der Waals surface area contributed by atoms with Crippen LogP contribution in [0.25, 0.3) is 10.9 Å². The maximum absolute atomic E-state index is 6.47. The summed E-state index contributed by atoms with van der Waals surface area (Å²) in [5, 5.41) is 1.33. The van der Waals surface area contributed by atoms with E-state index in [0.717, 1.165) is 0 Å². The lowest BCUT2D eigenvalue weighted by atomic mass is 9.92. The van der Waals surface area contributed by atoms with Gasteiger partial charge in [0, 0.05) is 30.2 Å². The van der Waals surface area contributed by atoms with Crippen molar-refractivity contribution in [3.8, 4) is 0 Å². The average Bonchev–Trinajstić information content (AvgIpc) is 2.97. The van der Waals surface area contributed by atoms with E-state index in [2.05, 4.69) is 42.1 Å². The molecule has 0 radical (unpaired) electrons. The van der Waals surface area contributed by atoms with E-state index in [-0.39, 0.29) is 6.04 Å². The number of fused-ring (bicyclic) bond motifs is 1. The largest absolute Gasteiger partial charge is 0.350 e. The van der Waals surface area contributed by atoms with E-state index >= 15 is 0 Å². The van der Waals surface area contributed by atoms with Gasteiger partial charge in [0.1, 0.15) is 0 Å². The predicted octanol–water partition coefficient (Wildman–Crippen LogP) is 3.37. The summed E-state index contributed by atoms with van der Waals surface area (Å²) >= 11 is 0. The van der Waals surface area contributed by atoms with Crippen LogP contribution in [-0.4, -0.2) is 4.57 Å². The quantitative estimate of drug-likeness (QED) is 0.839. The SMILES string of the molecule is Cn1cc([C@@H](N)C2CCCC2)c2ccccc21. The molecule has 1 aliphatic rings. The Bertz CT molecular complexity index is 521. The molecule has 0 unspecified atom stereocenters. The fourth-order valence-electron chi connectivity index (χ4n) is 3.21. The van der Waals surface area contributed by atoms with Crippen molar-refractivity contribution in [1.82, 2.24) is 4.57 Å². The van der Waals surface area contributed by atoms with Crippen molar-refractivity contribution in [2.24, 2.45) is 18.7 Å². The summed E-state index contributed by atoms with van der Waals surface area (Å²) < 4.78 is 2.19. The number of aromatic nitrogens is 1. The highest BCUT2D eigenvalue weighted by atomic mass is 14.9. The molecule has 2 aromatic rings. The molecule has 17 heavy (non-hydrogen) atoms. The first-order valence-electron chi connectivity index (χ1n) is 6.57. The second-order valence-corrected chi connectivity index (χ2v) is 5.28. The number of nitrogens with two attached hydrogens (primary N) is 1. The number of rotatable bonds is 2. The first kappa shape index (κ1) is 10.8. The second-order valence-electron chi connectivity index (χ2n) is 5.28. The standard InChI is InChI=1S/C15H20N2/c1-17-10-13(12-8-4-5-9-14(12)17)15(16)11-6-2-3-7-11/h4-5,8-11,15H,2-3,6-7,16H2,1H3/t15-/m0/s1. The molecular weight excluding hydrogens is 208 g/mol. The molecule has 1 fully saturated rings. The summed E-state index contributed by atoms with van der Waals surface area (Å²) in [5.74, 6) is 0.681. The molecule has 1 saturated carbocycles. The summed E-state index contributed by atoms with van der Waals surface area (Å²) in [6.45, 7) is 0. The number of benzene rings is 1. The molecule has 2 N–H and O–H groups in total. The Labute approximate surface area is 102 Å². The Morgan fingerprint density at radius 1 is 1.24 bits per heavy atom. The smallest absolute Gasteiger partial charge is 0.0481 e. The number of aryl methyl sites for hydroxylation is 1. The first-order chi connectivity index (χ1) is 8.27. The van der Waals surface area contributed by atoms with Crippen LogP contribution in [-0.2, 0) is 7.05 Å². The van der Waals surface area contributed by atoms with Crippen molar-refractivity contribution in [1.29, 1.82) is 0 Å². The normalized spacial score (nSPS) is 18.9. The molecule has 1 heterocycles. The van der Waals surface area contributed by atoms with E-state index in [1.807, 2.05) is 0 Å². The maximum atomic E-state index is 6.47. The second kappa shape index (κ2) is 4.19. The van der Waals surface area contributed by atoms with E-state index < -0.39 is 0 Å². The Morgan fingerprint density at radius 3 is 2.71 bits per heavy atom. The van der Waals surface area contributed by atoms with Crippen molar-refractivity contribution in [3.63, 3.8) is 0 Å². The van der Waals surface area contributed by atoms with E-state index in [4.69, 9.17) is 5.73 Å². The van der Waals surface area contributed by atoms with Gasteiger partial charge in [-0.2, -0.15) is 0 Å². The predicted molar refractivity (Wildman–Crippen MR) is 71.8 cm³/mol. The molecule has 90 valence electrons. The third kappa shape index (κ3) is 1.77. The Balaban J connectivity index is 2.04. The topological polar surface area (TPSA) is 30.9 Å². The number of nitrogens with zero attached hydrogens (tertiary/aromatic N) is 1. The summed E-state index contributed by atoms with van der Waals surface area (Å²) in [7, 11) is 2.10. The van der Waals surface area contributed by atoms with Crippen molar-refractivity contribution >= 4 is 10.9 Å². The van der Waals surface area contributed by atoms with Gasteiger partial charge in [-0.15, -0.1) is 0 Å². The van der Waals surface area contributed by atoms with Crippen molar-refractivity contribution in [3.05, 3.63) is 36.0 Å². The molecule has 1 atom stereocenters. The Hall–Kier alpha value is -1.28. The van der Waals surface area contributed by atoms with Gasteiger partial charge in [0.15, 0.2) is 0 Å². The van der Waals surface area contributed by atoms with Crippen molar-refractivity contribution in [2.45, 2.75) is 31.7 Å². The molecule has 2 nitrogen and oxygen atoms in total. The molecule has 0 bridgehead atoms. The van der Waals surface area contributed by atoms with Gasteiger partial charge in [-0.1, -0.05) is 31.0 Å². The molecule has 0 amide bonds. The number of para-hydroxylation sites is 1. The molecule has 1 aromatic heterocycles. The van der Waals surface area contributed by atoms with Crippen LogP contribution < -0.4 is 5.73 Å². The van der Waals surface area contributed by atoms with Crippen LogP contribution in [0, 0.1) is 5.92 Å². The monoisotopic (exact) mass is 228 g/mol. The van der Waals surface area contributed by atoms with E-state index in [1.165, 1.54) is 42.1 Å². The zero-order valence-electron chi connectivity index (χ0n) is 10.4. The fraction of sp³-hybridized carbons (Fsp3) is 0.467. The van der Waals surface area contributed by atoms with Crippen molar-refractivity contribution < 1.29 is 0 Å². The molecule has 1 aliphatic carbocycles. The fourth-order valence-corrected chi connectivity index (χ4v) is 3.21. The lowest BCUT2D eigenvalue weighted by Gasteiger charge is -2.18. The molecule has 1 aromatic carbocycles.